The molecule has 2 aromatic heterocycles. The number of carbonyl (C=O) groups is 3. The van der Waals surface area contributed by atoms with Crippen molar-refractivity contribution in [3.8, 4) is 11.6 Å². The smallest absolute Gasteiger partial charge is 0.316 e. The maximum absolute atomic E-state index is 11.9. The van der Waals surface area contributed by atoms with Crippen LogP contribution in [0.15, 0.2) is 52.2 Å². The minimum atomic E-state index is -0.683. The zero-order valence-corrected chi connectivity index (χ0v) is 17.9. The highest BCUT2D eigenvalue weighted by Gasteiger charge is 2.17. The van der Waals surface area contributed by atoms with Crippen LogP contribution in [-0.2, 0) is 20.9 Å². The SMILES string of the molecule is CCn1c(SCC(=O)OCC(=O)NNC(=O)c2ccc(Cl)cc2)nnc1-c1ccco1. The zero-order valence-electron chi connectivity index (χ0n) is 16.3. The van der Waals surface area contributed by atoms with Crippen LogP contribution < -0.4 is 10.9 Å². The fourth-order valence-corrected chi connectivity index (χ4v) is 3.34. The Morgan fingerprint density at radius 2 is 1.94 bits per heavy atom. The molecule has 0 saturated carbocycles. The van der Waals surface area contributed by atoms with Crippen molar-refractivity contribution >= 4 is 41.1 Å². The summed E-state index contributed by atoms with van der Waals surface area (Å²) in [5, 5.41) is 9.16. The second kappa shape index (κ2) is 10.6. The fourth-order valence-electron chi connectivity index (χ4n) is 2.42. The summed E-state index contributed by atoms with van der Waals surface area (Å²) in [7, 11) is 0. The summed E-state index contributed by atoms with van der Waals surface area (Å²) >= 11 is 6.88. The molecular weight excluding hydrogens is 446 g/mol. The highest BCUT2D eigenvalue weighted by atomic mass is 35.5. The number of hydrazine groups is 1. The molecule has 1 aromatic carbocycles. The van der Waals surface area contributed by atoms with Gasteiger partial charge in [-0.25, -0.2) is 0 Å². The molecule has 12 heteroatoms. The van der Waals surface area contributed by atoms with Gasteiger partial charge < -0.3 is 9.15 Å². The standard InChI is InChI=1S/C19H18ClN5O5S/c1-2-25-17(14-4-3-9-29-14)22-24-19(25)31-11-16(27)30-10-15(26)21-23-18(28)12-5-7-13(20)8-6-12/h3-9H,2,10-11H2,1H3,(H,21,26)(H,23,28). The molecule has 10 nitrogen and oxygen atoms in total. The maximum Gasteiger partial charge on any atom is 0.316 e. The molecule has 2 amide bonds. The second-order valence-corrected chi connectivity index (χ2v) is 7.37. The first-order chi connectivity index (χ1) is 15.0. The minimum Gasteiger partial charge on any atom is -0.461 e. The van der Waals surface area contributed by atoms with E-state index in [2.05, 4.69) is 21.0 Å². The number of thioether (sulfide) groups is 1. The topological polar surface area (TPSA) is 128 Å². The van der Waals surface area contributed by atoms with Gasteiger partial charge in [-0.1, -0.05) is 23.4 Å². The Labute approximate surface area is 186 Å². The summed E-state index contributed by atoms with van der Waals surface area (Å²) in [6.45, 7) is 1.95. The van der Waals surface area contributed by atoms with Gasteiger partial charge in [0.2, 0.25) is 0 Å². The first-order valence-electron chi connectivity index (χ1n) is 9.08. The molecule has 0 aliphatic heterocycles. The summed E-state index contributed by atoms with van der Waals surface area (Å²) in [5.41, 5.74) is 4.70. The number of carbonyl (C=O) groups excluding carboxylic acids is 3. The van der Waals surface area contributed by atoms with Crippen LogP contribution in [0.1, 0.15) is 17.3 Å². The molecular formula is C19H18ClN5O5S. The van der Waals surface area contributed by atoms with Crippen molar-refractivity contribution in [3.05, 3.63) is 53.2 Å². The molecule has 0 aliphatic rings. The van der Waals surface area contributed by atoms with Crippen molar-refractivity contribution in [3.63, 3.8) is 0 Å². The lowest BCUT2D eigenvalue weighted by atomic mass is 10.2. The number of nitrogens with zero attached hydrogens (tertiary/aromatic N) is 3. The fraction of sp³-hybridized carbons (Fsp3) is 0.211. The van der Waals surface area contributed by atoms with E-state index in [9.17, 15) is 14.4 Å². The van der Waals surface area contributed by atoms with E-state index in [0.29, 0.717) is 33.9 Å². The normalized spacial score (nSPS) is 10.5. The monoisotopic (exact) mass is 463 g/mol. The maximum atomic E-state index is 11.9. The summed E-state index contributed by atoms with van der Waals surface area (Å²) in [6.07, 6.45) is 1.54. The lowest BCUT2D eigenvalue weighted by molar-refractivity contribution is -0.146. The van der Waals surface area contributed by atoms with Gasteiger partial charge >= 0.3 is 5.97 Å². The van der Waals surface area contributed by atoms with Crippen molar-refractivity contribution in [2.45, 2.75) is 18.6 Å². The van der Waals surface area contributed by atoms with Crippen molar-refractivity contribution < 1.29 is 23.5 Å². The first kappa shape index (κ1) is 22.4. The van der Waals surface area contributed by atoms with E-state index < -0.39 is 24.4 Å². The number of rotatable bonds is 8. The molecule has 0 fully saturated rings. The molecule has 0 radical (unpaired) electrons. The summed E-state index contributed by atoms with van der Waals surface area (Å²) in [5.74, 6) is -0.772. The Bertz CT molecular complexity index is 1050. The van der Waals surface area contributed by atoms with Crippen molar-refractivity contribution in [2.75, 3.05) is 12.4 Å². The van der Waals surface area contributed by atoms with E-state index in [1.54, 1.807) is 28.8 Å². The summed E-state index contributed by atoms with van der Waals surface area (Å²) in [4.78, 5) is 35.6. The van der Waals surface area contributed by atoms with Gasteiger partial charge in [0.15, 0.2) is 23.3 Å². The van der Waals surface area contributed by atoms with Gasteiger partial charge in [0.25, 0.3) is 11.8 Å². The molecule has 0 saturated heterocycles. The van der Waals surface area contributed by atoms with Crippen LogP contribution in [0.3, 0.4) is 0 Å². The number of ether oxygens (including phenoxy) is 1. The molecule has 0 aliphatic carbocycles. The molecule has 0 spiro atoms. The lowest BCUT2D eigenvalue weighted by Crippen LogP contribution is -2.43. The van der Waals surface area contributed by atoms with E-state index in [4.69, 9.17) is 20.8 Å². The van der Waals surface area contributed by atoms with Gasteiger partial charge in [-0.2, -0.15) is 0 Å². The Morgan fingerprint density at radius 3 is 2.61 bits per heavy atom. The van der Waals surface area contributed by atoms with E-state index in [-0.39, 0.29) is 5.75 Å². The van der Waals surface area contributed by atoms with Gasteiger partial charge in [0, 0.05) is 17.1 Å². The van der Waals surface area contributed by atoms with Crippen molar-refractivity contribution in [2.24, 2.45) is 0 Å². The Balaban J connectivity index is 1.41. The number of furan rings is 1. The third kappa shape index (κ3) is 6.09. The molecule has 2 N–H and O–H groups in total. The number of hydrogen-bond acceptors (Lipinski definition) is 8. The average Bonchev–Trinajstić information content (AvgIpc) is 3.44. The number of nitrogens with one attached hydrogen (secondary N) is 2. The number of amides is 2. The summed E-state index contributed by atoms with van der Waals surface area (Å²) < 4.78 is 12.1. The molecule has 3 rings (SSSR count). The predicted molar refractivity (Wildman–Crippen MR) is 112 cm³/mol. The van der Waals surface area contributed by atoms with Crippen LogP contribution in [0.25, 0.3) is 11.6 Å². The van der Waals surface area contributed by atoms with Crippen molar-refractivity contribution in [1.82, 2.24) is 25.6 Å². The molecule has 31 heavy (non-hydrogen) atoms. The number of aromatic nitrogens is 3. The van der Waals surface area contributed by atoms with E-state index in [1.165, 1.54) is 18.4 Å². The summed E-state index contributed by atoms with van der Waals surface area (Å²) in [6, 6.07) is 9.63. The first-order valence-corrected chi connectivity index (χ1v) is 10.4. The largest absolute Gasteiger partial charge is 0.461 e. The minimum absolute atomic E-state index is 0.0687. The van der Waals surface area contributed by atoms with Gasteiger partial charge in [-0.05, 0) is 43.3 Å². The van der Waals surface area contributed by atoms with Gasteiger partial charge in [0.1, 0.15) is 0 Å². The molecule has 0 atom stereocenters. The third-order valence-corrected chi connectivity index (χ3v) is 5.07. The van der Waals surface area contributed by atoms with Crippen LogP contribution in [-0.4, -0.2) is 44.9 Å². The average molecular weight is 464 g/mol. The second-order valence-electron chi connectivity index (χ2n) is 5.99. The number of hydrogen-bond donors (Lipinski definition) is 2. The van der Waals surface area contributed by atoms with E-state index in [1.807, 2.05) is 6.92 Å². The molecule has 162 valence electrons. The van der Waals surface area contributed by atoms with Crippen molar-refractivity contribution in [1.29, 1.82) is 0 Å². The van der Waals surface area contributed by atoms with E-state index >= 15 is 0 Å². The molecule has 0 bridgehead atoms. The predicted octanol–water partition coefficient (Wildman–Crippen LogP) is 2.31. The highest BCUT2D eigenvalue weighted by Crippen LogP contribution is 2.24. The van der Waals surface area contributed by atoms with Crippen LogP contribution in [0.5, 0.6) is 0 Å². The van der Waals surface area contributed by atoms with Gasteiger partial charge in [-0.3, -0.25) is 29.8 Å². The molecule has 3 aromatic rings. The van der Waals surface area contributed by atoms with Crippen LogP contribution >= 0.6 is 23.4 Å². The number of benzene rings is 1. The molecule has 0 unspecified atom stereocenters. The lowest BCUT2D eigenvalue weighted by Gasteiger charge is -2.08. The third-order valence-electron chi connectivity index (χ3n) is 3.88. The highest BCUT2D eigenvalue weighted by molar-refractivity contribution is 7.99. The molecule has 2 heterocycles. The quantitative estimate of drug-likeness (QED) is 0.296. The number of halogens is 1. The Morgan fingerprint density at radius 1 is 1.16 bits per heavy atom. The van der Waals surface area contributed by atoms with Crippen LogP contribution in [0, 0.1) is 0 Å². The van der Waals surface area contributed by atoms with Gasteiger partial charge in [0.05, 0.1) is 12.0 Å². The van der Waals surface area contributed by atoms with E-state index in [0.717, 1.165) is 11.8 Å². The Kier molecular flexibility index (Phi) is 7.68. The zero-order chi connectivity index (χ0) is 22.2. The van der Waals surface area contributed by atoms with Crippen LogP contribution in [0.4, 0.5) is 0 Å². The number of esters is 1. The van der Waals surface area contributed by atoms with Gasteiger partial charge in [-0.15, -0.1) is 10.2 Å². The Hall–Kier alpha value is -3.31. The van der Waals surface area contributed by atoms with Crippen LogP contribution in [0.2, 0.25) is 5.02 Å².